The second-order valence-corrected chi connectivity index (χ2v) is 6.68. The van der Waals surface area contributed by atoms with Gasteiger partial charge >= 0.3 is 5.97 Å². The lowest BCUT2D eigenvalue weighted by atomic mass is 10.1. The van der Waals surface area contributed by atoms with E-state index in [1.54, 1.807) is 30.3 Å². The summed E-state index contributed by atoms with van der Waals surface area (Å²) < 4.78 is 16.0. The molecule has 9 heteroatoms. The van der Waals surface area contributed by atoms with Crippen LogP contribution in [0.4, 0.5) is 0 Å². The summed E-state index contributed by atoms with van der Waals surface area (Å²) in [6, 6.07) is 9.79. The summed E-state index contributed by atoms with van der Waals surface area (Å²) in [6.07, 6.45) is 0.704. The Morgan fingerprint density at radius 1 is 1.00 bits per heavy atom. The number of halogens is 1. The lowest BCUT2D eigenvalue weighted by Crippen LogP contribution is -2.47. The topological polar surface area (TPSA) is 89.3 Å². The number of hydrogen-bond donors (Lipinski definition) is 0. The van der Waals surface area contributed by atoms with E-state index < -0.39 is 12.1 Å². The van der Waals surface area contributed by atoms with Crippen molar-refractivity contribution in [2.45, 2.75) is 6.10 Å². The first-order chi connectivity index (χ1) is 13.6. The van der Waals surface area contributed by atoms with Crippen molar-refractivity contribution in [3.8, 4) is 0 Å². The molecule has 0 aliphatic carbocycles. The summed E-state index contributed by atoms with van der Waals surface area (Å²) in [7, 11) is 0. The molecule has 4 rings (SSSR count). The third-order valence-electron chi connectivity index (χ3n) is 4.83. The molecule has 2 amide bonds. The van der Waals surface area contributed by atoms with E-state index in [2.05, 4.69) is 4.90 Å². The number of furan rings is 1. The van der Waals surface area contributed by atoms with Crippen LogP contribution in [0.15, 0.2) is 47.1 Å². The van der Waals surface area contributed by atoms with Crippen LogP contribution in [0.5, 0.6) is 0 Å². The Labute approximate surface area is 173 Å². The third kappa shape index (κ3) is 4.50. The van der Waals surface area contributed by atoms with Crippen LogP contribution in [0.1, 0.15) is 31.3 Å². The zero-order valence-corrected chi connectivity index (χ0v) is 16.4. The van der Waals surface area contributed by atoms with Gasteiger partial charge in [0.1, 0.15) is 6.10 Å². The Hall–Kier alpha value is -2.68. The van der Waals surface area contributed by atoms with Gasteiger partial charge in [-0.25, -0.2) is 4.79 Å². The molecule has 1 saturated heterocycles. The number of hydrogen-bond acceptors (Lipinski definition) is 7. The SMILES string of the molecule is Cl.O=C(OC(CN1CCOCC1)CN1C(=O)c2ccccc2C1=O)c1ccco1. The highest BCUT2D eigenvalue weighted by atomic mass is 35.5. The van der Waals surface area contributed by atoms with E-state index >= 15 is 0 Å². The minimum absolute atomic E-state index is 0. The van der Waals surface area contributed by atoms with Gasteiger partial charge in [0.15, 0.2) is 0 Å². The first kappa shape index (κ1) is 21.0. The summed E-state index contributed by atoms with van der Waals surface area (Å²) in [5.41, 5.74) is 0.741. The van der Waals surface area contributed by atoms with E-state index in [1.165, 1.54) is 12.3 Å². The number of fused-ring (bicyclic) bond motifs is 1. The third-order valence-corrected chi connectivity index (χ3v) is 4.83. The zero-order chi connectivity index (χ0) is 19.5. The molecule has 1 unspecified atom stereocenters. The van der Waals surface area contributed by atoms with Crippen molar-refractivity contribution in [2.75, 3.05) is 39.4 Å². The molecule has 0 bridgehead atoms. The number of carbonyl (C=O) groups excluding carboxylic acids is 3. The minimum atomic E-state index is -0.682. The number of rotatable bonds is 6. The lowest BCUT2D eigenvalue weighted by molar-refractivity contribution is -0.0121. The van der Waals surface area contributed by atoms with Crippen molar-refractivity contribution in [1.82, 2.24) is 9.80 Å². The molecule has 1 aromatic heterocycles. The van der Waals surface area contributed by atoms with Crippen LogP contribution in [0, 0.1) is 0 Å². The van der Waals surface area contributed by atoms with Crippen LogP contribution in [0.3, 0.4) is 0 Å². The molecule has 1 atom stereocenters. The number of nitrogens with zero attached hydrogens (tertiary/aromatic N) is 2. The summed E-state index contributed by atoms with van der Waals surface area (Å²) in [5.74, 6) is -1.29. The molecule has 1 fully saturated rings. The van der Waals surface area contributed by atoms with E-state index in [9.17, 15) is 14.4 Å². The number of ether oxygens (including phenoxy) is 2. The molecule has 1 aromatic carbocycles. The number of amides is 2. The maximum atomic E-state index is 12.7. The number of carbonyl (C=O) groups is 3. The van der Waals surface area contributed by atoms with Gasteiger partial charge in [0.25, 0.3) is 11.8 Å². The fourth-order valence-corrected chi connectivity index (χ4v) is 3.42. The molecule has 2 aromatic rings. The molecule has 29 heavy (non-hydrogen) atoms. The molecule has 0 saturated carbocycles. The number of esters is 1. The largest absolute Gasteiger partial charge is 0.457 e. The van der Waals surface area contributed by atoms with E-state index in [-0.39, 0.29) is 36.5 Å². The molecule has 2 aliphatic heterocycles. The Kier molecular flexibility index (Phi) is 6.68. The Morgan fingerprint density at radius 2 is 1.66 bits per heavy atom. The summed E-state index contributed by atoms with van der Waals surface area (Å²) in [4.78, 5) is 40.9. The first-order valence-electron chi connectivity index (χ1n) is 9.13. The highest BCUT2D eigenvalue weighted by Crippen LogP contribution is 2.23. The maximum Gasteiger partial charge on any atom is 0.374 e. The quantitative estimate of drug-likeness (QED) is 0.520. The zero-order valence-electron chi connectivity index (χ0n) is 15.6. The smallest absolute Gasteiger partial charge is 0.374 e. The van der Waals surface area contributed by atoms with Crippen molar-refractivity contribution in [3.63, 3.8) is 0 Å². The van der Waals surface area contributed by atoms with Crippen LogP contribution in [0.25, 0.3) is 0 Å². The highest BCUT2D eigenvalue weighted by Gasteiger charge is 2.37. The normalized spacial score (nSPS) is 17.6. The molecule has 0 radical (unpaired) electrons. The molecular weight excluding hydrogens is 400 g/mol. The first-order valence-corrected chi connectivity index (χ1v) is 9.13. The van der Waals surface area contributed by atoms with Crippen molar-refractivity contribution in [2.24, 2.45) is 0 Å². The van der Waals surface area contributed by atoms with Crippen molar-refractivity contribution < 1.29 is 28.3 Å². The molecule has 2 aliphatic rings. The van der Waals surface area contributed by atoms with Crippen molar-refractivity contribution in [3.05, 3.63) is 59.5 Å². The predicted molar refractivity (Wildman–Crippen MR) is 104 cm³/mol. The number of benzene rings is 1. The monoisotopic (exact) mass is 420 g/mol. The molecular formula is C20H21ClN2O6. The van der Waals surface area contributed by atoms with E-state index in [4.69, 9.17) is 13.9 Å². The number of morpholine rings is 1. The predicted octanol–water partition coefficient (Wildman–Crippen LogP) is 1.86. The molecule has 8 nitrogen and oxygen atoms in total. The standard InChI is InChI=1S/C20H20N2O6.ClH/c23-18-15-4-1-2-5-16(15)19(24)22(18)13-14(12-21-7-10-26-11-8-21)28-20(25)17-6-3-9-27-17;/h1-6,9,14H,7-8,10-13H2;1H. The fraction of sp³-hybridized carbons (Fsp3) is 0.350. The van der Waals surface area contributed by atoms with Gasteiger partial charge in [-0.2, -0.15) is 0 Å². The highest BCUT2D eigenvalue weighted by molar-refractivity contribution is 6.21. The van der Waals surface area contributed by atoms with E-state index in [0.29, 0.717) is 44.0 Å². The van der Waals surface area contributed by atoms with Gasteiger partial charge < -0.3 is 13.9 Å². The van der Waals surface area contributed by atoms with Crippen LogP contribution in [-0.2, 0) is 9.47 Å². The molecule has 0 spiro atoms. The van der Waals surface area contributed by atoms with E-state index in [1.807, 2.05) is 0 Å². The summed E-state index contributed by atoms with van der Waals surface area (Å²) in [6.45, 7) is 2.94. The maximum absolute atomic E-state index is 12.7. The van der Waals surface area contributed by atoms with Gasteiger partial charge in [-0.1, -0.05) is 12.1 Å². The average molecular weight is 421 g/mol. The number of imide groups is 1. The van der Waals surface area contributed by atoms with Gasteiger partial charge in [-0.05, 0) is 24.3 Å². The summed E-state index contributed by atoms with van der Waals surface area (Å²) in [5, 5.41) is 0. The van der Waals surface area contributed by atoms with Crippen molar-refractivity contribution in [1.29, 1.82) is 0 Å². The minimum Gasteiger partial charge on any atom is -0.457 e. The Morgan fingerprint density at radius 3 is 2.24 bits per heavy atom. The second kappa shape index (κ2) is 9.21. The van der Waals surface area contributed by atoms with Gasteiger partial charge in [0.05, 0.1) is 37.1 Å². The van der Waals surface area contributed by atoms with Gasteiger partial charge in [0.2, 0.25) is 5.76 Å². The van der Waals surface area contributed by atoms with Crippen LogP contribution in [0.2, 0.25) is 0 Å². The Bertz CT molecular complexity index is 844. The van der Waals surface area contributed by atoms with E-state index in [0.717, 1.165) is 4.90 Å². The van der Waals surface area contributed by atoms with Gasteiger partial charge in [-0.3, -0.25) is 19.4 Å². The molecule has 3 heterocycles. The van der Waals surface area contributed by atoms with Crippen molar-refractivity contribution >= 4 is 30.2 Å². The van der Waals surface area contributed by atoms with Crippen LogP contribution >= 0.6 is 12.4 Å². The second-order valence-electron chi connectivity index (χ2n) is 6.68. The molecule has 0 N–H and O–H groups in total. The fourth-order valence-electron chi connectivity index (χ4n) is 3.42. The summed E-state index contributed by atoms with van der Waals surface area (Å²) >= 11 is 0. The van der Waals surface area contributed by atoms with Gasteiger partial charge in [0, 0.05) is 19.6 Å². The van der Waals surface area contributed by atoms with Crippen LogP contribution in [-0.4, -0.2) is 73.1 Å². The average Bonchev–Trinajstić information content (AvgIpc) is 3.33. The molecule has 154 valence electrons. The van der Waals surface area contributed by atoms with Crippen LogP contribution < -0.4 is 0 Å². The lowest BCUT2D eigenvalue weighted by Gasteiger charge is -2.31. The van der Waals surface area contributed by atoms with Gasteiger partial charge in [-0.15, -0.1) is 12.4 Å². The Balaban J connectivity index is 0.00000240.